The fourth-order valence-corrected chi connectivity index (χ4v) is 3.32. The summed E-state index contributed by atoms with van der Waals surface area (Å²) in [5.74, 6) is 0.649. The summed E-state index contributed by atoms with van der Waals surface area (Å²) in [5.41, 5.74) is 3.58. The Labute approximate surface area is 173 Å². The highest BCUT2D eigenvalue weighted by molar-refractivity contribution is 5.87. The largest absolute Gasteiger partial charge is 0.486 e. The minimum Gasteiger partial charge on any atom is -0.486 e. The molecule has 0 spiro atoms. The minimum absolute atomic E-state index is 0.0561. The van der Waals surface area contributed by atoms with Gasteiger partial charge in [0.1, 0.15) is 18.8 Å². The Kier molecular flexibility index (Phi) is 5.88. The molecule has 30 heavy (non-hydrogen) atoms. The Morgan fingerprint density at radius 2 is 1.90 bits per heavy atom. The van der Waals surface area contributed by atoms with Crippen molar-refractivity contribution in [2.45, 2.75) is 19.8 Å². The summed E-state index contributed by atoms with van der Waals surface area (Å²) in [6.45, 7) is 3.18. The van der Waals surface area contributed by atoms with E-state index < -0.39 is 5.97 Å². The van der Waals surface area contributed by atoms with Crippen LogP contribution in [0.1, 0.15) is 16.7 Å². The van der Waals surface area contributed by atoms with Crippen molar-refractivity contribution in [3.8, 4) is 11.5 Å². The van der Waals surface area contributed by atoms with Crippen molar-refractivity contribution in [1.82, 2.24) is 5.32 Å². The fraction of sp³-hybridized carbons (Fsp3) is 0.304. The molecule has 7 heteroatoms. The summed E-state index contributed by atoms with van der Waals surface area (Å²) < 4.78 is 21.6. The van der Waals surface area contributed by atoms with Crippen LogP contribution in [0.4, 0.5) is 0 Å². The Hall–Kier alpha value is -3.48. The van der Waals surface area contributed by atoms with Gasteiger partial charge in [0.25, 0.3) is 5.91 Å². The maximum absolute atomic E-state index is 12.1. The van der Waals surface area contributed by atoms with Crippen molar-refractivity contribution in [3.63, 3.8) is 0 Å². The molecule has 2 aromatic carbocycles. The maximum atomic E-state index is 12.1. The molecule has 0 aliphatic carbocycles. The first-order valence-corrected chi connectivity index (χ1v) is 9.86. The fourth-order valence-electron chi connectivity index (χ4n) is 3.32. The van der Waals surface area contributed by atoms with Gasteiger partial charge in [-0.25, -0.2) is 0 Å². The second kappa shape index (κ2) is 8.90. The van der Waals surface area contributed by atoms with E-state index in [-0.39, 0.29) is 18.9 Å². The predicted octanol–water partition coefficient (Wildman–Crippen LogP) is 2.96. The van der Waals surface area contributed by atoms with Gasteiger partial charge in [-0.1, -0.05) is 18.2 Å². The zero-order chi connectivity index (χ0) is 20.9. The summed E-state index contributed by atoms with van der Waals surface area (Å²) in [6, 6.07) is 11.5. The molecule has 0 fully saturated rings. The Morgan fingerprint density at radius 3 is 2.77 bits per heavy atom. The molecule has 1 aromatic heterocycles. The molecule has 156 valence electrons. The van der Waals surface area contributed by atoms with Gasteiger partial charge in [0.2, 0.25) is 0 Å². The lowest BCUT2D eigenvalue weighted by molar-refractivity contribution is -0.147. The summed E-state index contributed by atoms with van der Waals surface area (Å²) in [4.78, 5) is 24.1. The number of benzene rings is 2. The van der Waals surface area contributed by atoms with E-state index in [0.29, 0.717) is 26.2 Å². The van der Waals surface area contributed by atoms with Gasteiger partial charge in [-0.2, -0.15) is 0 Å². The van der Waals surface area contributed by atoms with Gasteiger partial charge in [0.15, 0.2) is 18.1 Å². The third-order valence-corrected chi connectivity index (χ3v) is 4.85. The van der Waals surface area contributed by atoms with Crippen molar-refractivity contribution in [1.29, 1.82) is 0 Å². The van der Waals surface area contributed by atoms with E-state index in [2.05, 4.69) is 5.32 Å². The molecule has 0 saturated carbocycles. The quantitative estimate of drug-likeness (QED) is 0.604. The number of nitrogens with one attached hydrogen (secondary N) is 1. The van der Waals surface area contributed by atoms with Crippen LogP contribution >= 0.6 is 0 Å². The van der Waals surface area contributed by atoms with Gasteiger partial charge in [0, 0.05) is 17.5 Å². The molecule has 0 unspecified atom stereocenters. The molecule has 1 aliphatic heterocycles. The van der Waals surface area contributed by atoms with Crippen LogP contribution in [-0.2, 0) is 27.2 Å². The van der Waals surface area contributed by atoms with Crippen LogP contribution < -0.4 is 14.8 Å². The number of fused-ring (bicyclic) bond motifs is 2. The van der Waals surface area contributed by atoms with E-state index in [9.17, 15) is 9.59 Å². The van der Waals surface area contributed by atoms with Crippen molar-refractivity contribution in [2.75, 3.05) is 26.4 Å². The van der Waals surface area contributed by atoms with E-state index in [0.717, 1.165) is 39.2 Å². The molecule has 2 heterocycles. The SMILES string of the molecule is Cc1ccc2c(CC(=O)OCC(=O)NCCc3ccc4c(c3)OCCO4)coc2c1. The summed E-state index contributed by atoms with van der Waals surface area (Å²) in [5, 5.41) is 3.63. The zero-order valence-electron chi connectivity index (χ0n) is 16.7. The Balaban J connectivity index is 1.20. The molecule has 0 radical (unpaired) electrons. The highest BCUT2D eigenvalue weighted by Gasteiger charge is 2.14. The third-order valence-electron chi connectivity index (χ3n) is 4.85. The first-order valence-electron chi connectivity index (χ1n) is 9.86. The molecule has 1 aliphatic rings. The monoisotopic (exact) mass is 409 g/mol. The molecule has 0 saturated heterocycles. The second-order valence-corrected chi connectivity index (χ2v) is 7.18. The standard InChI is InChI=1S/C23H23NO6/c1-15-2-4-18-17(13-29-20(18)10-15)12-23(26)30-14-22(25)24-7-6-16-3-5-19-21(11-16)28-9-8-27-19/h2-5,10-11,13H,6-9,12,14H2,1H3,(H,24,25). The van der Waals surface area contributed by atoms with Crippen LogP contribution in [0.3, 0.4) is 0 Å². The minimum atomic E-state index is -0.472. The summed E-state index contributed by atoms with van der Waals surface area (Å²) in [7, 11) is 0. The normalized spacial score (nSPS) is 12.6. The van der Waals surface area contributed by atoms with Crippen LogP contribution in [0, 0.1) is 6.92 Å². The number of furan rings is 1. The third kappa shape index (κ3) is 4.74. The topological polar surface area (TPSA) is 87.0 Å². The first-order chi connectivity index (χ1) is 14.6. The Morgan fingerprint density at radius 1 is 1.07 bits per heavy atom. The lowest BCUT2D eigenvalue weighted by Crippen LogP contribution is -2.30. The number of aryl methyl sites for hydroxylation is 1. The second-order valence-electron chi connectivity index (χ2n) is 7.18. The van der Waals surface area contributed by atoms with Crippen LogP contribution in [0.25, 0.3) is 11.0 Å². The molecule has 7 nitrogen and oxygen atoms in total. The average Bonchev–Trinajstić information content (AvgIpc) is 3.13. The molecular weight excluding hydrogens is 386 g/mol. The molecule has 0 atom stereocenters. The average molecular weight is 409 g/mol. The lowest BCUT2D eigenvalue weighted by atomic mass is 10.1. The van der Waals surface area contributed by atoms with Gasteiger partial charge in [-0.15, -0.1) is 0 Å². The smallest absolute Gasteiger partial charge is 0.310 e. The number of carbonyl (C=O) groups is 2. The van der Waals surface area contributed by atoms with E-state index in [4.69, 9.17) is 18.6 Å². The van der Waals surface area contributed by atoms with Crippen LogP contribution in [0.15, 0.2) is 47.1 Å². The van der Waals surface area contributed by atoms with Crippen molar-refractivity contribution >= 4 is 22.8 Å². The molecular formula is C23H23NO6. The van der Waals surface area contributed by atoms with Crippen LogP contribution in [-0.4, -0.2) is 38.2 Å². The maximum Gasteiger partial charge on any atom is 0.310 e. The molecule has 3 aromatic rings. The number of ether oxygens (including phenoxy) is 3. The lowest BCUT2D eigenvalue weighted by Gasteiger charge is -2.18. The highest BCUT2D eigenvalue weighted by atomic mass is 16.6. The predicted molar refractivity (Wildman–Crippen MR) is 110 cm³/mol. The van der Waals surface area contributed by atoms with Crippen molar-refractivity contribution in [3.05, 3.63) is 59.4 Å². The van der Waals surface area contributed by atoms with Gasteiger partial charge < -0.3 is 23.9 Å². The number of hydrogen-bond donors (Lipinski definition) is 1. The van der Waals surface area contributed by atoms with Crippen LogP contribution in [0.5, 0.6) is 11.5 Å². The van der Waals surface area contributed by atoms with E-state index >= 15 is 0 Å². The molecule has 1 N–H and O–H groups in total. The van der Waals surface area contributed by atoms with Gasteiger partial charge in [0.05, 0.1) is 12.7 Å². The van der Waals surface area contributed by atoms with E-state index in [1.165, 1.54) is 0 Å². The number of amides is 1. The molecule has 1 amide bonds. The summed E-state index contributed by atoms with van der Waals surface area (Å²) >= 11 is 0. The van der Waals surface area contributed by atoms with E-state index in [1.54, 1.807) is 6.26 Å². The molecule has 0 bridgehead atoms. The van der Waals surface area contributed by atoms with Gasteiger partial charge >= 0.3 is 5.97 Å². The summed E-state index contributed by atoms with van der Waals surface area (Å²) in [6.07, 6.45) is 2.25. The number of esters is 1. The Bertz CT molecular complexity index is 1070. The van der Waals surface area contributed by atoms with Crippen molar-refractivity contribution in [2.24, 2.45) is 0 Å². The van der Waals surface area contributed by atoms with Crippen molar-refractivity contribution < 1.29 is 28.2 Å². The number of carbonyl (C=O) groups excluding carboxylic acids is 2. The van der Waals surface area contributed by atoms with E-state index in [1.807, 2.05) is 43.3 Å². The highest BCUT2D eigenvalue weighted by Crippen LogP contribution is 2.30. The van der Waals surface area contributed by atoms with Gasteiger partial charge in [-0.05, 0) is 42.7 Å². The number of hydrogen-bond acceptors (Lipinski definition) is 6. The first kappa shape index (κ1) is 19.8. The number of rotatable bonds is 7. The van der Waals surface area contributed by atoms with Crippen LogP contribution in [0.2, 0.25) is 0 Å². The van der Waals surface area contributed by atoms with Gasteiger partial charge in [-0.3, -0.25) is 9.59 Å². The zero-order valence-corrected chi connectivity index (χ0v) is 16.7. The molecule has 4 rings (SSSR count).